The zero-order chi connectivity index (χ0) is 19.3. The Kier molecular flexibility index (Phi) is 5.48. The lowest BCUT2D eigenvalue weighted by Gasteiger charge is -2.30. The minimum absolute atomic E-state index is 0.297. The number of rotatable bonds is 6. The Labute approximate surface area is 163 Å². The highest BCUT2D eigenvalue weighted by Gasteiger charge is 2.25. The number of likely N-dealkylation sites (tertiary alicyclic amines) is 1. The van der Waals surface area contributed by atoms with Gasteiger partial charge in [0, 0.05) is 30.9 Å². The van der Waals surface area contributed by atoms with E-state index >= 15 is 0 Å². The lowest BCUT2D eigenvalue weighted by atomic mass is 9.96. The van der Waals surface area contributed by atoms with Crippen LogP contribution in [0.25, 0.3) is 11.6 Å². The van der Waals surface area contributed by atoms with Gasteiger partial charge in [0.1, 0.15) is 17.2 Å². The van der Waals surface area contributed by atoms with Gasteiger partial charge in [0.15, 0.2) is 5.82 Å². The number of piperidine rings is 1. The van der Waals surface area contributed by atoms with Crippen molar-refractivity contribution in [3.63, 3.8) is 0 Å². The molecule has 1 aromatic carbocycles. The number of nitrogens with zero attached hydrogens (tertiary/aromatic N) is 5. The van der Waals surface area contributed by atoms with Gasteiger partial charge in [-0.1, -0.05) is 5.16 Å². The van der Waals surface area contributed by atoms with Gasteiger partial charge in [0.25, 0.3) is 5.89 Å². The van der Waals surface area contributed by atoms with E-state index in [0.29, 0.717) is 17.5 Å². The van der Waals surface area contributed by atoms with E-state index in [-0.39, 0.29) is 0 Å². The molecule has 0 bridgehead atoms. The summed E-state index contributed by atoms with van der Waals surface area (Å²) in [6.07, 6.45) is 6.84. The maximum atomic E-state index is 5.37. The largest absolute Gasteiger partial charge is 0.497 e. The normalized spacial score (nSPS) is 15.5. The van der Waals surface area contributed by atoms with Crippen molar-refractivity contribution in [3.8, 4) is 23.1 Å². The first-order valence-electron chi connectivity index (χ1n) is 9.29. The number of hydrogen-bond donors (Lipinski definition) is 0. The Hall–Kier alpha value is -3.00. The number of aromatic nitrogens is 4. The first-order valence-corrected chi connectivity index (χ1v) is 9.29. The third-order valence-corrected chi connectivity index (χ3v) is 4.99. The second-order valence-corrected chi connectivity index (χ2v) is 6.82. The van der Waals surface area contributed by atoms with Crippen LogP contribution in [0.15, 0.2) is 41.3 Å². The van der Waals surface area contributed by atoms with E-state index in [9.17, 15) is 0 Å². The molecule has 8 heteroatoms. The smallest absolute Gasteiger partial charge is 0.278 e. The summed E-state index contributed by atoms with van der Waals surface area (Å²) in [6, 6.07) is 6.00. The summed E-state index contributed by atoms with van der Waals surface area (Å²) in [4.78, 5) is 15.2. The van der Waals surface area contributed by atoms with Crippen molar-refractivity contribution in [1.29, 1.82) is 0 Å². The van der Waals surface area contributed by atoms with Gasteiger partial charge in [-0.15, -0.1) is 0 Å². The molecule has 4 rings (SSSR count). The predicted octanol–water partition coefficient (Wildman–Crippen LogP) is 2.92. The molecule has 0 aliphatic carbocycles. The van der Waals surface area contributed by atoms with Crippen LogP contribution in [0.5, 0.6) is 11.5 Å². The molecule has 0 unspecified atom stereocenters. The van der Waals surface area contributed by atoms with Crippen LogP contribution in [0.3, 0.4) is 0 Å². The van der Waals surface area contributed by atoms with Crippen molar-refractivity contribution in [1.82, 2.24) is 25.0 Å². The Balaban J connectivity index is 1.37. The molecule has 1 aliphatic heterocycles. The first-order chi connectivity index (χ1) is 13.7. The lowest BCUT2D eigenvalue weighted by molar-refractivity contribution is 0.200. The molecule has 0 spiro atoms. The zero-order valence-electron chi connectivity index (χ0n) is 16.0. The van der Waals surface area contributed by atoms with Crippen LogP contribution in [0.2, 0.25) is 0 Å². The van der Waals surface area contributed by atoms with Crippen molar-refractivity contribution in [3.05, 3.63) is 48.2 Å². The van der Waals surface area contributed by atoms with Crippen LogP contribution in [0.1, 0.15) is 30.1 Å². The molecular formula is C20H23N5O3. The topological polar surface area (TPSA) is 86.4 Å². The summed E-state index contributed by atoms with van der Waals surface area (Å²) < 4.78 is 16.1. The van der Waals surface area contributed by atoms with Gasteiger partial charge >= 0.3 is 0 Å². The SMILES string of the molecule is COc1cc(CN2CCC(c3noc(-c4cnccn4)n3)CC2)cc(OC)c1. The van der Waals surface area contributed by atoms with Gasteiger partial charge in [-0.3, -0.25) is 9.88 Å². The van der Waals surface area contributed by atoms with Gasteiger partial charge in [0.05, 0.1) is 20.4 Å². The van der Waals surface area contributed by atoms with Crippen LogP contribution in [-0.4, -0.2) is 52.3 Å². The maximum absolute atomic E-state index is 5.37. The van der Waals surface area contributed by atoms with Crippen LogP contribution >= 0.6 is 0 Å². The number of ether oxygens (including phenoxy) is 2. The van der Waals surface area contributed by atoms with E-state index in [1.807, 2.05) is 6.07 Å². The number of benzene rings is 1. The highest BCUT2D eigenvalue weighted by molar-refractivity contribution is 5.43. The van der Waals surface area contributed by atoms with E-state index in [2.05, 4.69) is 37.1 Å². The monoisotopic (exact) mass is 381 g/mol. The molecule has 146 valence electrons. The van der Waals surface area contributed by atoms with Gasteiger partial charge in [0.2, 0.25) is 0 Å². The van der Waals surface area contributed by atoms with E-state index < -0.39 is 0 Å². The molecule has 0 amide bonds. The molecule has 0 N–H and O–H groups in total. The fourth-order valence-electron chi connectivity index (χ4n) is 3.48. The Bertz CT molecular complexity index is 885. The molecule has 0 radical (unpaired) electrons. The van der Waals surface area contributed by atoms with Gasteiger partial charge in [-0.05, 0) is 43.6 Å². The van der Waals surface area contributed by atoms with Crippen LogP contribution in [0, 0.1) is 0 Å². The van der Waals surface area contributed by atoms with Crippen LogP contribution in [0.4, 0.5) is 0 Å². The van der Waals surface area contributed by atoms with Crippen LogP contribution < -0.4 is 9.47 Å². The zero-order valence-corrected chi connectivity index (χ0v) is 16.0. The van der Waals surface area contributed by atoms with E-state index in [1.54, 1.807) is 32.8 Å². The molecule has 1 aliphatic rings. The van der Waals surface area contributed by atoms with Crippen molar-refractivity contribution in [2.75, 3.05) is 27.3 Å². The van der Waals surface area contributed by atoms with Crippen molar-refractivity contribution < 1.29 is 14.0 Å². The lowest BCUT2D eigenvalue weighted by Crippen LogP contribution is -2.32. The minimum Gasteiger partial charge on any atom is -0.497 e. The van der Waals surface area contributed by atoms with Gasteiger partial charge < -0.3 is 14.0 Å². The summed E-state index contributed by atoms with van der Waals surface area (Å²) in [6.45, 7) is 2.80. The summed E-state index contributed by atoms with van der Waals surface area (Å²) >= 11 is 0. The van der Waals surface area contributed by atoms with Crippen LogP contribution in [-0.2, 0) is 6.54 Å². The van der Waals surface area contributed by atoms with E-state index in [0.717, 1.165) is 49.8 Å². The Morgan fingerprint density at radius 2 is 1.82 bits per heavy atom. The molecule has 8 nitrogen and oxygen atoms in total. The summed E-state index contributed by atoms with van der Waals surface area (Å²) in [7, 11) is 3.34. The predicted molar refractivity (Wildman–Crippen MR) is 102 cm³/mol. The third-order valence-electron chi connectivity index (χ3n) is 4.99. The fourth-order valence-corrected chi connectivity index (χ4v) is 3.48. The standard InChI is InChI=1S/C20H23N5O3/c1-26-16-9-14(10-17(11-16)27-2)13-25-7-3-15(4-8-25)19-23-20(28-24-19)18-12-21-5-6-22-18/h5-6,9-12,15H,3-4,7-8,13H2,1-2H3. The number of hydrogen-bond acceptors (Lipinski definition) is 8. The summed E-state index contributed by atoms with van der Waals surface area (Å²) in [5, 5.41) is 4.17. The quantitative estimate of drug-likeness (QED) is 0.644. The molecule has 0 saturated carbocycles. The maximum Gasteiger partial charge on any atom is 0.278 e. The molecule has 1 saturated heterocycles. The molecule has 1 fully saturated rings. The third kappa shape index (κ3) is 4.12. The van der Waals surface area contributed by atoms with Crippen molar-refractivity contribution >= 4 is 0 Å². The summed E-state index contributed by atoms with van der Waals surface area (Å²) in [5.74, 6) is 3.10. The Morgan fingerprint density at radius 3 is 2.46 bits per heavy atom. The second-order valence-electron chi connectivity index (χ2n) is 6.82. The highest BCUT2D eigenvalue weighted by Crippen LogP contribution is 2.29. The summed E-state index contributed by atoms with van der Waals surface area (Å²) in [5.41, 5.74) is 1.78. The first kappa shape index (κ1) is 18.4. The van der Waals surface area contributed by atoms with Crippen molar-refractivity contribution in [2.24, 2.45) is 0 Å². The second kappa shape index (κ2) is 8.35. The molecule has 3 heterocycles. The van der Waals surface area contributed by atoms with Gasteiger partial charge in [-0.25, -0.2) is 4.98 Å². The molecule has 2 aromatic heterocycles. The van der Waals surface area contributed by atoms with Gasteiger partial charge in [-0.2, -0.15) is 4.98 Å². The minimum atomic E-state index is 0.297. The fraction of sp³-hybridized carbons (Fsp3) is 0.400. The number of methoxy groups -OCH3 is 2. The average Bonchev–Trinajstić information content (AvgIpc) is 3.25. The molecular weight excluding hydrogens is 358 g/mol. The average molecular weight is 381 g/mol. The molecule has 0 atom stereocenters. The Morgan fingerprint density at radius 1 is 1.07 bits per heavy atom. The van der Waals surface area contributed by atoms with E-state index in [4.69, 9.17) is 14.0 Å². The van der Waals surface area contributed by atoms with Crippen molar-refractivity contribution in [2.45, 2.75) is 25.3 Å². The highest BCUT2D eigenvalue weighted by atomic mass is 16.5. The van der Waals surface area contributed by atoms with E-state index in [1.165, 1.54) is 5.56 Å². The molecule has 3 aromatic rings. The molecule has 28 heavy (non-hydrogen) atoms.